The van der Waals surface area contributed by atoms with Crippen LogP contribution in [0.5, 0.6) is 0 Å². The Kier molecular flexibility index (Phi) is 1.28. The van der Waals surface area contributed by atoms with Crippen molar-refractivity contribution in [1.29, 1.82) is 0 Å². The molecule has 1 aliphatic rings. The topological polar surface area (TPSA) is 27.8 Å². The number of nitrogens with one attached hydrogen (secondary N) is 2. The van der Waals surface area contributed by atoms with Crippen LogP contribution in [0.25, 0.3) is 12.3 Å². The molecule has 1 aromatic rings. The molecule has 0 unspecified atom stereocenters. The van der Waals surface area contributed by atoms with E-state index in [2.05, 4.69) is 30.2 Å². The minimum Gasteiger partial charge on any atom is -0.386 e. The molecule has 2 nitrogen and oxygen atoms in total. The van der Waals surface area contributed by atoms with Gasteiger partial charge in [0.05, 0.1) is 5.35 Å². The monoisotopic (exact) mass is 148 g/mol. The zero-order chi connectivity index (χ0) is 7.84. The average molecular weight is 148 g/mol. The van der Waals surface area contributed by atoms with E-state index in [9.17, 15) is 0 Å². The molecule has 0 fully saturated rings. The van der Waals surface area contributed by atoms with Crippen molar-refractivity contribution in [2.75, 3.05) is 6.54 Å². The van der Waals surface area contributed by atoms with E-state index < -0.39 is 0 Å². The normalized spacial score (nSPS) is 14.4. The van der Waals surface area contributed by atoms with Crippen molar-refractivity contribution < 1.29 is 0 Å². The Morgan fingerprint density at radius 3 is 2.91 bits per heavy atom. The summed E-state index contributed by atoms with van der Waals surface area (Å²) in [5, 5.41) is 5.75. The molecule has 2 rings (SSSR count). The summed E-state index contributed by atoms with van der Waals surface area (Å²) < 4.78 is 0. The minimum absolute atomic E-state index is 0.950. The molecule has 0 radical (unpaired) electrons. The number of hydrogen-bond donors (Lipinski definition) is 2. The molecule has 2 heterocycles. The van der Waals surface area contributed by atoms with E-state index in [1.165, 1.54) is 21.8 Å². The fraction of sp³-hybridized carbons (Fsp3) is 0.333. The summed E-state index contributed by atoms with van der Waals surface area (Å²) in [6, 6.07) is 0. The maximum atomic E-state index is 3.32. The van der Waals surface area contributed by atoms with Crippen molar-refractivity contribution in [3.05, 3.63) is 21.8 Å². The van der Waals surface area contributed by atoms with Crippen LogP contribution in [-0.4, -0.2) is 11.5 Å². The van der Waals surface area contributed by atoms with Crippen molar-refractivity contribution in [1.82, 2.24) is 10.3 Å². The summed E-state index contributed by atoms with van der Waals surface area (Å²) >= 11 is 0. The average Bonchev–Trinajstić information content (AvgIpc) is 2.30. The number of hydrogen-bond acceptors (Lipinski definition) is 1. The summed E-state index contributed by atoms with van der Waals surface area (Å²) in [6.45, 7) is 5.21. The Hall–Kier alpha value is -1.18. The summed E-state index contributed by atoms with van der Waals surface area (Å²) in [4.78, 5) is 3.32. The molecule has 0 saturated heterocycles. The number of fused-ring (bicyclic) bond motifs is 1. The molecule has 11 heavy (non-hydrogen) atoms. The quantitative estimate of drug-likeness (QED) is 0.522. The molecule has 1 aromatic heterocycles. The highest BCUT2D eigenvalue weighted by Gasteiger charge is 2.00. The first-order valence-corrected chi connectivity index (χ1v) is 3.88. The number of aryl methyl sites for hydroxylation is 1. The van der Waals surface area contributed by atoms with Gasteiger partial charge < -0.3 is 10.3 Å². The van der Waals surface area contributed by atoms with Gasteiger partial charge in [0.15, 0.2) is 0 Å². The van der Waals surface area contributed by atoms with Crippen molar-refractivity contribution in [2.45, 2.75) is 13.8 Å². The Morgan fingerprint density at radius 2 is 2.18 bits per heavy atom. The van der Waals surface area contributed by atoms with Gasteiger partial charge in [-0.1, -0.05) is 6.08 Å². The lowest BCUT2D eigenvalue weighted by Crippen LogP contribution is -2.32. The van der Waals surface area contributed by atoms with Crippen LogP contribution in [0.2, 0.25) is 0 Å². The summed E-state index contributed by atoms with van der Waals surface area (Å²) in [5.41, 5.74) is 2.64. The van der Waals surface area contributed by atoms with E-state index >= 15 is 0 Å². The SMILES string of the molecule is Cc1[nH]c2c(c1C)=CCNC=2. The van der Waals surface area contributed by atoms with Gasteiger partial charge in [-0.15, -0.1) is 0 Å². The van der Waals surface area contributed by atoms with Crippen LogP contribution in [-0.2, 0) is 0 Å². The summed E-state index contributed by atoms with van der Waals surface area (Å²) in [7, 11) is 0. The maximum Gasteiger partial charge on any atom is 0.0615 e. The zero-order valence-electron chi connectivity index (χ0n) is 6.86. The molecule has 58 valence electrons. The molecule has 0 amide bonds. The largest absolute Gasteiger partial charge is 0.386 e. The third-order valence-electron chi connectivity index (χ3n) is 2.25. The molecule has 0 bridgehead atoms. The number of aromatic nitrogens is 1. The van der Waals surface area contributed by atoms with Crippen LogP contribution in [0, 0.1) is 13.8 Å². The number of rotatable bonds is 0. The Balaban J connectivity index is 2.89. The highest BCUT2D eigenvalue weighted by Crippen LogP contribution is 1.92. The lowest BCUT2D eigenvalue weighted by atomic mass is 10.2. The van der Waals surface area contributed by atoms with Gasteiger partial charge in [0, 0.05) is 23.7 Å². The lowest BCUT2D eigenvalue weighted by molar-refractivity contribution is 1.04. The third-order valence-corrected chi connectivity index (χ3v) is 2.25. The van der Waals surface area contributed by atoms with Gasteiger partial charge in [-0.2, -0.15) is 0 Å². The second-order valence-electron chi connectivity index (χ2n) is 2.96. The van der Waals surface area contributed by atoms with E-state index in [0.29, 0.717) is 0 Å². The second-order valence-corrected chi connectivity index (χ2v) is 2.96. The van der Waals surface area contributed by atoms with E-state index in [1.807, 2.05) is 6.20 Å². The Labute approximate surface area is 65.6 Å². The van der Waals surface area contributed by atoms with E-state index in [-0.39, 0.29) is 0 Å². The zero-order valence-corrected chi connectivity index (χ0v) is 6.86. The fourth-order valence-corrected chi connectivity index (χ4v) is 1.47. The standard InChI is InChI=1S/C9H12N2/c1-6-7(2)11-9-5-10-4-3-8(6)9/h3,5,10-11H,4H2,1-2H3. The smallest absolute Gasteiger partial charge is 0.0615 e. The number of H-pyrrole nitrogens is 1. The van der Waals surface area contributed by atoms with Crippen LogP contribution >= 0.6 is 0 Å². The molecule has 2 N–H and O–H groups in total. The molecule has 0 aromatic carbocycles. The van der Waals surface area contributed by atoms with Crippen molar-refractivity contribution in [3.63, 3.8) is 0 Å². The van der Waals surface area contributed by atoms with Gasteiger partial charge in [-0.25, -0.2) is 0 Å². The van der Waals surface area contributed by atoms with Gasteiger partial charge in [-0.05, 0) is 19.4 Å². The van der Waals surface area contributed by atoms with Gasteiger partial charge in [0.2, 0.25) is 0 Å². The van der Waals surface area contributed by atoms with Crippen LogP contribution in [0.15, 0.2) is 0 Å². The molecule has 0 atom stereocenters. The highest BCUT2D eigenvalue weighted by molar-refractivity contribution is 5.40. The van der Waals surface area contributed by atoms with Crippen molar-refractivity contribution >= 4 is 12.3 Å². The fourth-order valence-electron chi connectivity index (χ4n) is 1.47. The van der Waals surface area contributed by atoms with Crippen LogP contribution in [0.3, 0.4) is 0 Å². The predicted molar refractivity (Wildman–Crippen MR) is 46.4 cm³/mol. The van der Waals surface area contributed by atoms with Crippen LogP contribution in [0.4, 0.5) is 0 Å². The van der Waals surface area contributed by atoms with E-state index in [1.54, 1.807) is 0 Å². The van der Waals surface area contributed by atoms with Gasteiger partial charge in [-0.3, -0.25) is 0 Å². The van der Waals surface area contributed by atoms with Crippen LogP contribution < -0.4 is 15.9 Å². The molecule has 0 saturated carbocycles. The molecule has 0 spiro atoms. The van der Waals surface area contributed by atoms with Crippen molar-refractivity contribution in [3.8, 4) is 0 Å². The first-order chi connectivity index (χ1) is 5.29. The first kappa shape index (κ1) is 6.53. The van der Waals surface area contributed by atoms with Gasteiger partial charge >= 0.3 is 0 Å². The summed E-state index contributed by atoms with van der Waals surface area (Å²) in [6.07, 6.45) is 4.25. The van der Waals surface area contributed by atoms with Gasteiger partial charge in [0.25, 0.3) is 0 Å². The van der Waals surface area contributed by atoms with E-state index in [0.717, 1.165) is 6.54 Å². The predicted octanol–water partition coefficient (Wildman–Crippen LogP) is -0.247. The van der Waals surface area contributed by atoms with Gasteiger partial charge in [0.1, 0.15) is 0 Å². The summed E-state index contributed by atoms with van der Waals surface area (Å²) in [5.74, 6) is 0. The maximum absolute atomic E-state index is 3.32. The molecule has 1 aliphatic heterocycles. The van der Waals surface area contributed by atoms with Crippen LogP contribution in [0.1, 0.15) is 11.3 Å². The highest BCUT2D eigenvalue weighted by atomic mass is 14.9. The molecular weight excluding hydrogens is 136 g/mol. The lowest BCUT2D eigenvalue weighted by Gasteiger charge is -1.97. The Bertz CT molecular complexity index is 384. The Morgan fingerprint density at radius 1 is 1.36 bits per heavy atom. The van der Waals surface area contributed by atoms with Crippen molar-refractivity contribution in [2.24, 2.45) is 0 Å². The minimum atomic E-state index is 0.950. The number of aromatic amines is 1. The molecule has 0 aliphatic carbocycles. The third kappa shape index (κ3) is 0.862. The second kappa shape index (κ2) is 2.16. The molecular formula is C9H12N2. The molecule has 2 heteroatoms. The van der Waals surface area contributed by atoms with E-state index in [4.69, 9.17) is 0 Å². The first-order valence-electron chi connectivity index (χ1n) is 3.88.